The molecule has 1 heterocycles. The van der Waals surface area contributed by atoms with Crippen LogP contribution in [0.4, 0.5) is 0 Å². The molecule has 0 radical (unpaired) electrons. The Hall–Kier alpha value is -2.07. The Labute approximate surface area is 143 Å². The molecule has 4 heteroatoms. The summed E-state index contributed by atoms with van der Waals surface area (Å²) >= 11 is 5.46. The minimum atomic E-state index is 0.156. The van der Waals surface area contributed by atoms with Crippen molar-refractivity contribution in [2.45, 2.75) is 32.4 Å². The molecule has 0 saturated carbocycles. The quantitative estimate of drug-likeness (QED) is 0.835. The predicted molar refractivity (Wildman–Crippen MR) is 97.8 cm³/mol. The van der Waals surface area contributed by atoms with Crippen molar-refractivity contribution in [1.29, 1.82) is 0 Å². The first-order valence-corrected chi connectivity index (χ1v) is 8.42. The van der Waals surface area contributed by atoms with Crippen molar-refractivity contribution in [1.82, 2.24) is 10.6 Å². The zero-order valence-corrected chi connectivity index (χ0v) is 14.3. The van der Waals surface area contributed by atoms with Gasteiger partial charge >= 0.3 is 0 Å². The fourth-order valence-corrected chi connectivity index (χ4v) is 3.17. The predicted octanol–water partition coefficient (Wildman–Crippen LogP) is 3.91. The minimum Gasteiger partial charge on any atom is -0.493 e. The molecule has 1 aliphatic heterocycles. The van der Waals surface area contributed by atoms with Gasteiger partial charge in [-0.3, -0.25) is 0 Å². The van der Waals surface area contributed by atoms with Crippen LogP contribution in [0.1, 0.15) is 42.6 Å². The molecule has 2 N–H and O–H groups in total. The molecule has 0 unspecified atom stereocenters. The highest BCUT2D eigenvalue weighted by molar-refractivity contribution is 7.80. The lowest BCUT2D eigenvalue weighted by Crippen LogP contribution is -2.38. The van der Waals surface area contributed by atoms with E-state index in [0.717, 1.165) is 18.8 Å². The van der Waals surface area contributed by atoms with Crippen molar-refractivity contribution < 1.29 is 4.74 Å². The smallest absolute Gasteiger partial charge is 0.167 e. The summed E-state index contributed by atoms with van der Waals surface area (Å²) in [7, 11) is 0. The molecule has 2 aromatic carbocycles. The maximum absolute atomic E-state index is 5.56. The molecular weight excluding hydrogens is 304 g/mol. The van der Waals surface area contributed by atoms with E-state index >= 15 is 0 Å². The van der Waals surface area contributed by atoms with E-state index < -0.39 is 0 Å². The molecule has 0 spiro atoms. The third kappa shape index (κ3) is 3.82. The molecule has 0 saturated heterocycles. The first-order valence-electron chi connectivity index (χ1n) is 8.01. The van der Waals surface area contributed by atoms with E-state index in [0.29, 0.717) is 5.11 Å². The normalized spacial score (nSPS) is 15.2. The summed E-state index contributed by atoms with van der Waals surface area (Å²) in [5.41, 5.74) is 3.73. The Kier molecular flexibility index (Phi) is 4.82. The largest absolute Gasteiger partial charge is 0.493 e. The van der Waals surface area contributed by atoms with Crippen LogP contribution in [0, 0.1) is 0 Å². The Morgan fingerprint density at radius 2 is 1.70 bits per heavy atom. The van der Waals surface area contributed by atoms with Gasteiger partial charge in [0.25, 0.3) is 0 Å². The standard InChI is InChI=1S/C19H22N2OS/c1-13(15-6-4-3-5-7-15)20-19(23)21-14(2)16-8-9-18-17(12-16)10-11-22-18/h3-9,12-14H,10-11H2,1-2H3,(H2,20,21,23)/t13-,14-/m0/s1. The van der Waals surface area contributed by atoms with Gasteiger partial charge in [0.1, 0.15) is 5.75 Å². The van der Waals surface area contributed by atoms with Crippen LogP contribution in [0.3, 0.4) is 0 Å². The summed E-state index contributed by atoms with van der Waals surface area (Å²) in [5.74, 6) is 1.01. The lowest BCUT2D eigenvalue weighted by atomic mass is 10.0. The highest BCUT2D eigenvalue weighted by Gasteiger charge is 2.15. The summed E-state index contributed by atoms with van der Waals surface area (Å²) in [6.07, 6.45) is 0.990. The fraction of sp³-hybridized carbons (Fsp3) is 0.316. The van der Waals surface area contributed by atoms with Gasteiger partial charge in [-0.05, 0) is 54.9 Å². The lowest BCUT2D eigenvalue weighted by molar-refractivity contribution is 0.357. The molecule has 0 bridgehead atoms. The summed E-state index contributed by atoms with van der Waals surface area (Å²) in [4.78, 5) is 0. The monoisotopic (exact) mass is 326 g/mol. The van der Waals surface area contributed by atoms with Crippen LogP contribution in [-0.4, -0.2) is 11.7 Å². The second kappa shape index (κ2) is 7.01. The number of fused-ring (bicyclic) bond motifs is 1. The van der Waals surface area contributed by atoms with Gasteiger partial charge in [-0.25, -0.2) is 0 Å². The number of nitrogens with one attached hydrogen (secondary N) is 2. The van der Waals surface area contributed by atoms with Crippen molar-refractivity contribution in [2.75, 3.05) is 6.61 Å². The molecule has 0 aromatic heterocycles. The van der Waals surface area contributed by atoms with E-state index in [-0.39, 0.29) is 12.1 Å². The average Bonchev–Trinajstić information content (AvgIpc) is 3.03. The van der Waals surface area contributed by atoms with Crippen LogP contribution in [0.5, 0.6) is 5.75 Å². The molecule has 3 rings (SSSR count). The van der Waals surface area contributed by atoms with Crippen molar-refractivity contribution in [3.8, 4) is 5.75 Å². The first kappa shape index (κ1) is 15.8. The molecule has 3 nitrogen and oxygen atoms in total. The van der Waals surface area contributed by atoms with Gasteiger partial charge in [-0.2, -0.15) is 0 Å². The zero-order valence-electron chi connectivity index (χ0n) is 13.5. The summed E-state index contributed by atoms with van der Waals surface area (Å²) in [6, 6.07) is 17.0. The molecule has 0 amide bonds. The Bertz CT molecular complexity index is 687. The van der Waals surface area contributed by atoms with Gasteiger partial charge in [0.2, 0.25) is 0 Å². The van der Waals surface area contributed by atoms with E-state index in [1.807, 2.05) is 18.2 Å². The minimum absolute atomic E-state index is 0.156. The Morgan fingerprint density at radius 1 is 1.00 bits per heavy atom. The number of thiocarbonyl (C=S) groups is 1. The van der Waals surface area contributed by atoms with E-state index in [4.69, 9.17) is 17.0 Å². The fourth-order valence-electron chi connectivity index (χ4n) is 2.82. The molecule has 1 aliphatic rings. The van der Waals surface area contributed by atoms with E-state index in [1.54, 1.807) is 0 Å². The first-order chi connectivity index (χ1) is 11.1. The van der Waals surface area contributed by atoms with Crippen molar-refractivity contribution in [3.05, 3.63) is 65.2 Å². The summed E-state index contributed by atoms with van der Waals surface area (Å²) < 4.78 is 5.56. The number of rotatable bonds is 4. The highest BCUT2D eigenvalue weighted by atomic mass is 32.1. The second-order valence-corrected chi connectivity index (χ2v) is 6.35. The SMILES string of the molecule is C[C@H](NC(=S)N[C@@H](C)c1ccc2c(c1)CCO2)c1ccccc1. The van der Waals surface area contributed by atoms with Crippen LogP contribution >= 0.6 is 12.2 Å². The van der Waals surface area contributed by atoms with E-state index in [9.17, 15) is 0 Å². The lowest BCUT2D eigenvalue weighted by Gasteiger charge is -2.21. The van der Waals surface area contributed by atoms with E-state index in [1.165, 1.54) is 16.7 Å². The van der Waals surface area contributed by atoms with Crippen LogP contribution in [-0.2, 0) is 6.42 Å². The van der Waals surface area contributed by atoms with Gasteiger partial charge in [0.05, 0.1) is 18.7 Å². The molecule has 120 valence electrons. The molecule has 23 heavy (non-hydrogen) atoms. The van der Waals surface area contributed by atoms with Crippen LogP contribution in [0.25, 0.3) is 0 Å². The maximum atomic E-state index is 5.56. The molecule has 0 aliphatic carbocycles. The highest BCUT2D eigenvalue weighted by Crippen LogP contribution is 2.28. The van der Waals surface area contributed by atoms with Gasteiger partial charge in [0.15, 0.2) is 5.11 Å². The van der Waals surface area contributed by atoms with E-state index in [2.05, 4.69) is 54.8 Å². The summed E-state index contributed by atoms with van der Waals surface area (Å²) in [6.45, 7) is 5.02. The Morgan fingerprint density at radius 3 is 2.43 bits per heavy atom. The van der Waals surface area contributed by atoms with Crippen molar-refractivity contribution >= 4 is 17.3 Å². The van der Waals surface area contributed by atoms with Crippen molar-refractivity contribution in [2.24, 2.45) is 0 Å². The topological polar surface area (TPSA) is 33.3 Å². The van der Waals surface area contributed by atoms with Crippen molar-refractivity contribution in [3.63, 3.8) is 0 Å². The number of hydrogen-bond acceptors (Lipinski definition) is 2. The summed E-state index contributed by atoms with van der Waals surface area (Å²) in [5, 5.41) is 7.38. The third-order valence-electron chi connectivity index (χ3n) is 4.21. The molecule has 2 atom stereocenters. The third-order valence-corrected chi connectivity index (χ3v) is 4.44. The zero-order chi connectivity index (χ0) is 16.2. The second-order valence-electron chi connectivity index (χ2n) is 5.94. The van der Waals surface area contributed by atoms with Gasteiger partial charge in [-0.1, -0.05) is 36.4 Å². The molecule has 0 fully saturated rings. The van der Waals surface area contributed by atoms with Crippen LogP contribution in [0.2, 0.25) is 0 Å². The van der Waals surface area contributed by atoms with Gasteiger partial charge in [-0.15, -0.1) is 0 Å². The average molecular weight is 326 g/mol. The number of benzene rings is 2. The van der Waals surface area contributed by atoms with Crippen LogP contribution in [0.15, 0.2) is 48.5 Å². The number of hydrogen-bond donors (Lipinski definition) is 2. The Balaban J connectivity index is 1.59. The van der Waals surface area contributed by atoms with Gasteiger partial charge in [0, 0.05) is 6.42 Å². The molecule has 2 aromatic rings. The number of ether oxygens (including phenoxy) is 1. The van der Waals surface area contributed by atoms with Gasteiger partial charge < -0.3 is 15.4 Å². The van der Waals surface area contributed by atoms with Crippen LogP contribution < -0.4 is 15.4 Å². The maximum Gasteiger partial charge on any atom is 0.167 e. The molecular formula is C19H22N2OS.